The Morgan fingerprint density at radius 2 is 1.60 bits per heavy atom. The van der Waals surface area contributed by atoms with Crippen LogP contribution in [0.25, 0.3) is 0 Å². The molecule has 0 aliphatic heterocycles. The summed E-state index contributed by atoms with van der Waals surface area (Å²) in [6.45, 7) is 23.9. The van der Waals surface area contributed by atoms with E-state index < -0.39 is 16.6 Å². The first-order valence-corrected chi connectivity index (χ1v) is 23.4. The van der Waals surface area contributed by atoms with Gasteiger partial charge < -0.3 is 13.6 Å². The molecule has 0 aromatic heterocycles. The van der Waals surface area contributed by atoms with Crippen LogP contribution in [0.1, 0.15) is 91.9 Å². The minimum absolute atomic E-state index is 0.00854. The lowest BCUT2D eigenvalue weighted by Gasteiger charge is -2.61. The fourth-order valence-corrected chi connectivity index (χ4v) is 12.2. The zero-order chi connectivity index (χ0) is 29.7. The number of methoxy groups -OCH3 is 1. The van der Waals surface area contributed by atoms with Gasteiger partial charge in [-0.1, -0.05) is 52.2 Å². The van der Waals surface area contributed by atoms with E-state index in [1.807, 2.05) is 6.92 Å². The summed E-state index contributed by atoms with van der Waals surface area (Å²) in [6, 6.07) is 0. The van der Waals surface area contributed by atoms with Crippen molar-refractivity contribution in [1.29, 1.82) is 0 Å². The molecule has 40 heavy (non-hydrogen) atoms. The van der Waals surface area contributed by atoms with Crippen LogP contribution in [0.3, 0.4) is 0 Å². The molecule has 0 radical (unpaired) electrons. The van der Waals surface area contributed by atoms with Gasteiger partial charge in [0.15, 0.2) is 16.6 Å². The first kappa shape index (κ1) is 32.5. The van der Waals surface area contributed by atoms with Crippen LogP contribution in [-0.4, -0.2) is 41.9 Å². The van der Waals surface area contributed by atoms with Crippen molar-refractivity contribution in [3.05, 3.63) is 11.6 Å². The Morgan fingerprint density at radius 1 is 0.925 bits per heavy atom. The molecule has 0 amide bonds. The zero-order valence-corrected chi connectivity index (χ0v) is 29.9. The molecule has 0 spiro atoms. The van der Waals surface area contributed by atoms with E-state index in [1.165, 1.54) is 52.1 Å². The Hall–Kier alpha value is -0.436. The summed E-state index contributed by atoms with van der Waals surface area (Å²) in [6.07, 6.45) is 15.6. The number of ether oxygens (including phenoxy) is 1. The Kier molecular flexibility index (Phi) is 9.68. The second-order valence-corrected chi connectivity index (χ2v) is 25.7. The molecule has 0 heterocycles. The monoisotopic (exact) mass is 590 g/mol. The molecule has 10 atom stereocenters. The highest BCUT2D eigenvalue weighted by atomic mass is 28.4. The van der Waals surface area contributed by atoms with E-state index >= 15 is 0 Å². The molecule has 4 aliphatic rings. The van der Waals surface area contributed by atoms with E-state index in [0.717, 1.165) is 37.0 Å². The largest absolute Gasteiger partial charge is 0.469 e. The fourth-order valence-electron chi connectivity index (χ4n) is 9.95. The lowest BCUT2D eigenvalue weighted by Crippen LogP contribution is -2.57. The molecule has 0 saturated heterocycles. The molecule has 3 fully saturated rings. The van der Waals surface area contributed by atoms with Crippen LogP contribution < -0.4 is 0 Å². The maximum Gasteiger partial charge on any atom is 0.308 e. The predicted molar refractivity (Wildman–Crippen MR) is 171 cm³/mol. The van der Waals surface area contributed by atoms with Crippen molar-refractivity contribution in [1.82, 2.24) is 0 Å². The highest BCUT2D eigenvalue weighted by Crippen LogP contribution is 2.68. The maximum absolute atomic E-state index is 11.9. The summed E-state index contributed by atoms with van der Waals surface area (Å²) in [5.41, 5.74) is 2.37. The summed E-state index contributed by atoms with van der Waals surface area (Å²) in [5.74, 6) is 3.55. The summed E-state index contributed by atoms with van der Waals surface area (Å²) in [7, 11) is -1.76. The van der Waals surface area contributed by atoms with Gasteiger partial charge >= 0.3 is 5.97 Å². The quantitative estimate of drug-likeness (QED) is 0.144. The van der Waals surface area contributed by atoms with Gasteiger partial charge in [0.25, 0.3) is 0 Å². The molecular weight excluding hydrogens is 529 g/mol. The van der Waals surface area contributed by atoms with Gasteiger partial charge in [-0.25, -0.2) is 0 Å². The van der Waals surface area contributed by atoms with E-state index in [-0.39, 0.29) is 18.0 Å². The third-order valence-electron chi connectivity index (χ3n) is 11.7. The summed E-state index contributed by atoms with van der Waals surface area (Å²) in [4.78, 5) is 11.9. The van der Waals surface area contributed by atoms with Crippen LogP contribution in [0.5, 0.6) is 0 Å². The van der Waals surface area contributed by atoms with Crippen LogP contribution in [0.2, 0.25) is 39.3 Å². The topological polar surface area (TPSA) is 44.8 Å². The average Bonchev–Trinajstić information content (AvgIpc) is 3.19. The number of esters is 1. The van der Waals surface area contributed by atoms with Gasteiger partial charge in [0, 0.05) is 6.10 Å². The van der Waals surface area contributed by atoms with Crippen molar-refractivity contribution < 1.29 is 18.4 Å². The lowest BCUT2D eigenvalue weighted by molar-refractivity contribution is -0.145. The summed E-state index contributed by atoms with van der Waals surface area (Å²) in [5, 5.41) is 0. The minimum Gasteiger partial charge on any atom is -0.469 e. The van der Waals surface area contributed by atoms with E-state index in [2.05, 4.69) is 66.1 Å². The number of hydrogen-bond acceptors (Lipinski definition) is 4. The van der Waals surface area contributed by atoms with Gasteiger partial charge in [0.05, 0.1) is 19.1 Å². The Morgan fingerprint density at radius 3 is 2.23 bits per heavy atom. The van der Waals surface area contributed by atoms with Crippen LogP contribution in [-0.2, 0) is 18.4 Å². The van der Waals surface area contributed by atoms with Crippen molar-refractivity contribution in [3.63, 3.8) is 0 Å². The highest BCUT2D eigenvalue weighted by molar-refractivity contribution is 6.70. The Labute approximate surface area is 249 Å². The van der Waals surface area contributed by atoms with E-state index in [4.69, 9.17) is 13.6 Å². The molecule has 6 heteroatoms. The molecular formula is C34H62O4Si2. The molecule has 4 rings (SSSR count). The summed E-state index contributed by atoms with van der Waals surface area (Å²) < 4.78 is 18.8. The Balaban J connectivity index is 1.55. The highest BCUT2D eigenvalue weighted by Gasteiger charge is 2.61. The van der Waals surface area contributed by atoms with Crippen molar-refractivity contribution in [2.45, 2.75) is 143 Å². The molecule has 0 aromatic rings. The number of carbonyl (C=O) groups excluding carboxylic acids is 1. The molecule has 9 unspecified atom stereocenters. The van der Waals surface area contributed by atoms with Gasteiger partial charge in [-0.2, -0.15) is 0 Å². The van der Waals surface area contributed by atoms with Crippen LogP contribution >= 0.6 is 0 Å². The molecule has 4 aliphatic carbocycles. The summed E-state index contributed by atoms with van der Waals surface area (Å²) >= 11 is 0. The minimum atomic E-state index is -1.71. The fraction of sp³-hybridized carbons (Fsp3) is 0.912. The van der Waals surface area contributed by atoms with Crippen molar-refractivity contribution in [3.8, 4) is 0 Å². The number of carbonyl (C=O) groups is 1. The molecule has 230 valence electrons. The van der Waals surface area contributed by atoms with Gasteiger partial charge in [0.1, 0.15) is 0 Å². The van der Waals surface area contributed by atoms with E-state index in [9.17, 15) is 4.79 Å². The molecule has 0 bridgehead atoms. The average molecular weight is 591 g/mol. The van der Waals surface area contributed by atoms with E-state index in [0.29, 0.717) is 28.8 Å². The third kappa shape index (κ3) is 6.70. The first-order chi connectivity index (χ1) is 18.5. The third-order valence-corrected chi connectivity index (χ3v) is 13.8. The maximum atomic E-state index is 11.9. The molecule has 0 aromatic carbocycles. The van der Waals surface area contributed by atoms with Crippen molar-refractivity contribution >= 4 is 22.6 Å². The van der Waals surface area contributed by atoms with Gasteiger partial charge in [0.2, 0.25) is 0 Å². The van der Waals surface area contributed by atoms with Gasteiger partial charge in [-0.15, -0.1) is 0 Å². The number of fused-ring (bicyclic) bond motifs is 5. The standard InChI is InChI=1S/C34H62O4Si2/c1-23(13-12-14-24(2)32(35)36-5)27-15-16-28-31-29(18-20-34(27,28)4)33(3)19-17-26(37-39(6,7)8)21-25(33)22-30(31)38-40(9,10)11/h22-24,26-31H,12-21H2,1-11H3/t23?,24?,26-,27?,28?,29?,30?,31?,33?,34?/m0/s1. The van der Waals surface area contributed by atoms with Crippen LogP contribution in [0.15, 0.2) is 11.6 Å². The number of hydrogen-bond donors (Lipinski definition) is 0. The van der Waals surface area contributed by atoms with Crippen LogP contribution in [0.4, 0.5) is 0 Å². The molecule has 3 saturated carbocycles. The van der Waals surface area contributed by atoms with Crippen LogP contribution in [0, 0.1) is 46.3 Å². The zero-order valence-electron chi connectivity index (χ0n) is 27.9. The van der Waals surface area contributed by atoms with E-state index in [1.54, 1.807) is 5.57 Å². The second-order valence-electron chi connectivity index (χ2n) is 16.8. The number of rotatable bonds is 10. The smallest absolute Gasteiger partial charge is 0.308 e. The van der Waals surface area contributed by atoms with Crippen molar-refractivity contribution in [2.24, 2.45) is 46.3 Å². The normalized spacial score (nSPS) is 39.4. The first-order valence-electron chi connectivity index (χ1n) is 16.6. The van der Waals surface area contributed by atoms with Gasteiger partial charge in [-0.3, -0.25) is 4.79 Å². The SMILES string of the molecule is COC(=O)C(C)CCCC(C)C1CCC2C3C(O[Si](C)(C)C)C=C4C[C@@H](O[Si](C)(C)C)CCC4(C)C3CCC12C. The van der Waals surface area contributed by atoms with Gasteiger partial charge in [-0.05, 0) is 131 Å². The molecule has 4 nitrogen and oxygen atoms in total. The Bertz CT molecular complexity index is 935. The second kappa shape index (κ2) is 11.9. The predicted octanol–water partition coefficient (Wildman–Crippen LogP) is 9.23. The lowest BCUT2D eigenvalue weighted by atomic mass is 9.46. The van der Waals surface area contributed by atoms with Crippen molar-refractivity contribution in [2.75, 3.05) is 7.11 Å². The molecule has 0 N–H and O–H groups in total.